The van der Waals surface area contributed by atoms with Gasteiger partial charge >= 0.3 is 0 Å². The van der Waals surface area contributed by atoms with Gasteiger partial charge < -0.3 is 0 Å². The molecule has 0 aliphatic heterocycles. The fourth-order valence-electron chi connectivity index (χ4n) is 1.51. The quantitative estimate of drug-likeness (QED) is 0.875. The van der Waals surface area contributed by atoms with Gasteiger partial charge in [0, 0.05) is 4.47 Å². The van der Waals surface area contributed by atoms with Crippen LogP contribution in [0.5, 0.6) is 0 Å². The fraction of sp³-hybridized carbons (Fsp3) is 0.182. The van der Waals surface area contributed by atoms with Crippen molar-refractivity contribution in [2.45, 2.75) is 18.1 Å². The third-order valence-electron chi connectivity index (χ3n) is 2.34. The molecule has 0 spiro atoms. The molecule has 0 unspecified atom stereocenters. The third kappa shape index (κ3) is 3.28. The van der Waals surface area contributed by atoms with Crippen LogP contribution in [0.4, 0.5) is 5.69 Å². The average Bonchev–Trinajstić information content (AvgIpc) is 2.63. The summed E-state index contributed by atoms with van der Waals surface area (Å²) in [4.78, 5) is 3.91. The Morgan fingerprint density at radius 1 is 1.37 bits per heavy atom. The number of halogens is 2. The average molecular weight is 382 g/mol. The zero-order valence-corrected chi connectivity index (χ0v) is 14.0. The molecule has 0 saturated carbocycles. The van der Waals surface area contributed by atoms with Crippen LogP contribution in [-0.4, -0.2) is 13.4 Å². The molecular formula is C11H10BrClN2O2S2. The summed E-state index contributed by atoms with van der Waals surface area (Å²) in [6.45, 7) is 3.50. The molecule has 0 radical (unpaired) electrons. The smallest absolute Gasteiger partial charge is 0.273 e. The van der Waals surface area contributed by atoms with Gasteiger partial charge in [0.25, 0.3) is 10.0 Å². The van der Waals surface area contributed by atoms with Gasteiger partial charge in [0.15, 0.2) is 8.68 Å². The van der Waals surface area contributed by atoms with E-state index in [0.717, 1.165) is 16.9 Å². The molecule has 0 bridgehead atoms. The van der Waals surface area contributed by atoms with E-state index in [1.165, 1.54) is 0 Å². The van der Waals surface area contributed by atoms with Crippen LogP contribution in [-0.2, 0) is 10.0 Å². The van der Waals surface area contributed by atoms with Crippen LogP contribution in [0.2, 0.25) is 4.47 Å². The maximum Gasteiger partial charge on any atom is 0.273 e. The molecule has 0 atom stereocenters. The lowest BCUT2D eigenvalue weighted by molar-refractivity contribution is 0.602. The number of hydrogen-bond acceptors (Lipinski definition) is 4. The Morgan fingerprint density at radius 3 is 2.63 bits per heavy atom. The Hall–Kier alpha value is -0.630. The molecule has 0 fully saturated rings. The van der Waals surface area contributed by atoms with E-state index in [1.807, 2.05) is 13.0 Å². The first kappa shape index (κ1) is 14.8. The molecule has 102 valence electrons. The SMILES string of the molecule is Cc1ccc(Br)c(NS(=O)(=O)c2sc(Cl)nc2C)c1. The first-order valence-corrected chi connectivity index (χ1v) is 8.68. The van der Waals surface area contributed by atoms with E-state index in [2.05, 4.69) is 25.6 Å². The first-order valence-electron chi connectivity index (χ1n) is 5.21. The van der Waals surface area contributed by atoms with Crippen LogP contribution in [0.25, 0.3) is 0 Å². The summed E-state index contributed by atoms with van der Waals surface area (Å²) in [7, 11) is -3.67. The van der Waals surface area contributed by atoms with E-state index in [1.54, 1.807) is 19.1 Å². The highest BCUT2D eigenvalue weighted by Crippen LogP contribution is 2.31. The van der Waals surface area contributed by atoms with Gasteiger partial charge in [0.05, 0.1) is 11.4 Å². The normalized spacial score (nSPS) is 11.6. The molecule has 1 aromatic carbocycles. The van der Waals surface area contributed by atoms with Crippen LogP contribution < -0.4 is 4.72 Å². The lowest BCUT2D eigenvalue weighted by Gasteiger charge is -2.09. The van der Waals surface area contributed by atoms with Crippen molar-refractivity contribution in [3.8, 4) is 0 Å². The topological polar surface area (TPSA) is 59.1 Å². The molecule has 0 amide bonds. The maximum atomic E-state index is 12.3. The first-order chi connectivity index (χ1) is 8.79. The lowest BCUT2D eigenvalue weighted by Crippen LogP contribution is -2.13. The lowest BCUT2D eigenvalue weighted by atomic mass is 10.2. The third-order valence-corrected chi connectivity index (χ3v) is 6.27. The van der Waals surface area contributed by atoms with E-state index in [0.29, 0.717) is 15.9 Å². The largest absolute Gasteiger partial charge is 0.278 e. The van der Waals surface area contributed by atoms with Gasteiger partial charge in [-0.05, 0) is 47.5 Å². The molecule has 1 aromatic heterocycles. The molecule has 0 aliphatic rings. The molecule has 1 heterocycles. The Bertz CT molecular complexity index is 728. The Morgan fingerprint density at radius 2 is 2.05 bits per heavy atom. The molecular weight excluding hydrogens is 372 g/mol. The minimum absolute atomic E-state index is 0.130. The number of benzene rings is 1. The highest BCUT2D eigenvalue weighted by atomic mass is 79.9. The number of aryl methyl sites for hydroxylation is 2. The van der Waals surface area contributed by atoms with Crippen molar-refractivity contribution in [1.82, 2.24) is 4.98 Å². The van der Waals surface area contributed by atoms with E-state index in [4.69, 9.17) is 11.6 Å². The summed E-state index contributed by atoms with van der Waals surface area (Å²) in [5, 5.41) is 0. The van der Waals surface area contributed by atoms with Crippen molar-refractivity contribution in [1.29, 1.82) is 0 Å². The summed E-state index contributed by atoms with van der Waals surface area (Å²) in [6, 6.07) is 5.43. The summed E-state index contributed by atoms with van der Waals surface area (Å²) in [6.07, 6.45) is 0. The van der Waals surface area contributed by atoms with Crippen LogP contribution in [0.1, 0.15) is 11.3 Å². The molecule has 1 N–H and O–H groups in total. The molecule has 2 aromatic rings. The van der Waals surface area contributed by atoms with Gasteiger partial charge in [-0.3, -0.25) is 4.72 Å². The predicted molar refractivity (Wildman–Crippen MR) is 81.5 cm³/mol. The Balaban J connectivity index is 2.42. The number of nitrogens with zero attached hydrogens (tertiary/aromatic N) is 1. The van der Waals surface area contributed by atoms with Gasteiger partial charge in [-0.15, -0.1) is 0 Å². The van der Waals surface area contributed by atoms with Crippen molar-refractivity contribution >= 4 is 54.6 Å². The minimum Gasteiger partial charge on any atom is -0.278 e. The zero-order chi connectivity index (χ0) is 14.2. The number of nitrogens with one attached hydrogen (secondary N) is 1. The highest BCUT2D eigenvalue weighted by Gasteiger charge is 2.22. The number of hydrogen-bond donors (Lipinski definition) is 1. The molecule has 0 aliphatic carbocycles. The fourth-order valence-corrected chi connectivity index (χ4v) is 4.80. The van der Waals surface area contributed by atoms with Gasteiger partial charge in [-0.2, -0.15) is 0 Å². The summed E-state index contributed by atoms with van der Waals surface area (Å²) >= 11 is 9.99. The van der Waals surface area contributed by atoms with Gasteiger partial charge in [0.2, 0.25) is 0 Å². The van der Waals surface area contributed by atoms with Crippen molar-refractivity contribution in [2.75, 3.05) is 4.72 Å². The second kappa shape index (κ2) is 5.40. The molecule has 0 saturated heterocycles. The van der Waals surface area contributed by atoms with Crippen LogP contribution in [0.3, 0.4) is 0 Å². The summed E-state index contributed by atoms with van der Waals surface area (Å²) < 4.78 is 28.1. The van der Waals surface area contributed by atoms with Crippen LogP contribution >= 0.6 is 38.9 Å². The molecule has 8 heteroatoms. The number of sulfonamides is 1. The van der Waals surface area contributed by atoms with Gasteiger partial charge in [0.1, 0.15) is 0 Å². The number of thiazole rings is 1. The Kier molecular flexibility index (Phi) is 4.20. The minimum atomic E-state index is -3.67. The number of anilines is 1. The second-order valence-electron chi connectivity index (χ2n) is 3.93. The molecule has 2 rings (SSSR count). The van der Waals surface area contributed by atoms with E-state index in [-0.39, 0.29) is 8.68 Å². The molecule has 19 heavy (non-hydrogen) atoms. The number of rotatable bonds is 3. The predicted octanol–water partition coefficient (Wildman–Crippen LogP) is 3.98. The zero-order valence-electron chi connectivity index (χ0n) is 10.1. The number of aromatic nitrogens is 1. The van der Waals surface area contributed by atoms with Crippen LogP contribution in [0.15, 0.2) is 26.9 Å². The van der Waals surface area contributed by atoms with Crippen molar-refractivity contribution in [3.63, 3.8) is 0 Å². The monoisotopic (exact) mass is 380 g/mol. The van der Waals surface area contributed by atoms with E-state index < -0.39 is 10.0 Å². The summed E-state index contributed by atoms with van der Waals surface area (Å²) in [5.74, 6) is 0. The Labute approximate surface area is 129 Å². The van der Waals surface area contributed by atoms with Crippen LogP contribution in [0, 0.1) is 13.8 Å². The van der Waals surface area contributed by atoms with Crippen molar-refractivity contribution < 1.29 is 8.42 Å². The summed E-state index contributed by atoms with van der Waals surface area (Å²) in [5.41, 5.74) is 1.84. The maximum absolute atomic E-state index is 12.3. The second-order valence-corrected chi connectivity index (χ2v) is 8.24. The molecule has 4 nitrogen and oxygen atoms in total. The van der Waals surface area contributed by atoms with E-state index in [9.17, 15) is 8.42 Å². The van der Waals surface area contributed by atoms with Crippen molar-refractivity contribution in [3.05, 3.63) is 38.4 Å². The standard InChI is InChI=1S/C11H10BrClN2O2S2/c1-6-3-4-8(12)9(5-6)15-19(16,17)10-7(2)14-11(13)18-10/h3-5,15H,1-2H3. The highest BCUT2D eigenvalue weighted by molar-refractivity contribution is 9.10. The van der Waals surface area contributed by atoms with Gasteiger partial charge in [-0.25, -0.2) is 13.4 Å². The van der Waals surface area contributed by atoms with Crippen molar-refractivity contribution in [2.24, 2.45) is 0 Å². The van der Waals surface area contributed by atoms with Gasteiger partial charge in [-0.1, -0.05) is 29.0 Å². The van der Waals surface area contributed by atoms with E-state index >= 15 is 0 Å².